The zero-order chi connectivity index (χ0) is 13.1. The first-order chi connectivity index (χ1) is 8.60. The molecule has 0 fully saturated rings. The monoisotopic (exact) mass is 326 g/mol. The summed E-state index contributed by atoms with van der Waals surface area (Å²) < 4.78 is 13.8. The van der Waals surface area contributed by atoms with Gasteiger partial charge in [-0.2, -0.15) is 10.2 Å². The summed E-state index contributed by atoms with van der Waals surface area (Å²) in [5.74, 6) is -0.131. The fraction of sp³-hybridized carbons (Fsp3) is 0. The minimum Gasteiger partial charge on any atom is -0.339 e. The molecule has 0 saturated heterocycles. The molecule has 0 unspecified atom stereocenters. The van der Waals surface area contributed by atoms with E-state index in [0.29, 0.717) is 16.0 Å². The number of rotatable bonds is 2. The van der Waals surface area contributed by atoms with Crippen LogP contribution in [-0.2, 0) is 0 Å². The van der Waals surface area contributed by atoms with Gasteiger partial charge < -0.3 is 5.32 Å². The molecule has 0 amide bonds. The number of hydrogen-bond acceptors (Lipinski definition) is 4. The molecule has 1 N–H and O–H groups in total. The fourth-order valence-corrected chi connectivity index (χ4v) is 1.68. The van der Waals surface area contributed by atoms with Crippen molar-refractivity contribution in [2.24, 2.45) is 0 Å². The molecule has 18 heavy (non-hydrogen) atoms. The molecule has 0 aliphatic heterocycles. The Morgan fingerprint density at radius 2 is 2.22 bits per heavy atom. The second-order valence-corrected chi connectivity index (χ2v) is 4.46. The molecule has 2 rings (SSSR count). The van der Waals surface area contributed by atoms with Gasteiger partial charge in [0.1, 0.15) is 17.7 Å². The molecule has 0 radical (unpaired) electrons. The summed E-state index contributed by atoms with van der Waals surface area (Å²) in [6.45, 7) is 0. The maximum atomic E-state index is 13.1. The highest BCUT2D eigenvalue weighted by Crippen LogP contribution is 2.25. The Balaban J connectivity index is 2.34. The molecule has 0 spiro atoms. The van der Waals surface area contributed by atoms with Crippen LogP contribution in [0, 0.1) is 17.1 Å². The van der Waals surface area contributed by atoms with Crippen LogP contribution in [-0.4, -0.2) is 9.97 Å². The van der Waals surface area contributed by atoms with E-state index in [-0.39, 0.29) is 10.8 Å². The van der Waals surface area contributed by atoms with Gasteiger partial charge in [0.2, 0.25) is 5.28 Å². The highest BCUT2D eigenvalue weighted by molar-refractivity contribution is 9.10. The fourth-order valence-electron chi connectivity index (χ4n) is 1.26. The molecule has 7 heteroatoms. The lowest BCUT2D eigenvalue weighted by molar-refractivity contribution is 0.624. The van der Waals surface area contributed by atoms with Crippen LogP contribution in [0.15, 0.2) is 28.9 Å². The van der Waals surface area contributed by atoms with Crippen LogP contribution in [0.3, 0.4) is 0 Å². The van der Waals surface area contributed by atoms with Crippen molar-refractivity contribution in [1.82, 2.24) is 9.97 Å². The Bertz CT molecular complexity index is 641. The highest BCUT2D eigenvalue weighted by atomic mass is 79.9. The molecular weight excluding hydrogens is 323 g/mol. The third kappa shape index (κ3) is 2.75. The third-order valence-electron chi connectivity index (χ3n) is 2.06. The lowest BCUT2D eigenvalue weighted by Gasteiger charge is -2.07. The largest absolute Gasteiger partial charge is 0.339 e. The number of nitriles is 1. The number of halogens is 3. The van der Waals surface area contributed by atoms with E-state index < -0.39 is 5.82 Å². The lowest BCUT2D eigenvalue weighted by atomic mass is 10.2. The first-order valence-electron chi connectivity index (χ1n) is 4.75. The quantitative estimate of drug-likeness (QED) is 0.855. The van der Waals surface area contributed by atoms with Crippen LogP contribution >= 0.6 is 27.5 Å². The van der Waals surface area contributed by atoms with Crippen molar-refractivity contribution in [3.8, 4) is 6.07 Å². The smallest absolute Gasteiger partial charge is 0.224 e. The van der Waals surface area contributed by atoms with Gasteiger partial charge in [0.05, 0.1) is 10.0 Å². The van der Waals surface area contributed by atoms with E-state index >= 15 is 0 Å². The molecule has 0 aliphatic rings. The predicted octanol–water partition coefficient (Wildman–Crippen LogP) is 3.65. The van der Waals surface area contributed by atoms with E-state index in [0.717, 1.165) is 0 Å². The van der Waals surface area contributed by atoms with Crippen LogP contribution in [0.5, 0.6) is 0 Å². The van der Waals surface area contributed by atoms with E-state index in [2.05, 4.69) is 31.2 Å². The maximum absolute atomic E-state index is 13.1. The van der Waals surface area contributed by atoms with E-state index in [4.69, 9.17) is 16.9 Å². The van der Waals surface area contributed by atoms with Crippen molar-refractivity contribution in [2.75, 3.05) is 5.32 Å². The van der Waals surface area contributed by atoms with Gasteiger partial charge in [-0.3, -0.25) is 0 Å². The highest BCUT2D eigenvalue weighted by Gasteiger charge is 2.07. The van der Waals surface area contributed by atoms with Crippen LogP contribution in [0.25, 0.3) is 0 Å². The van der Waals surface area contributed by atoms with Gasteiger partial charge in [-0.15, -0.1) is 0 Å². The van der Waals surface area contributed by atoms with Crippen LogP contribution in [0.4, 0.5) is 15.9 Å². The van der Waals surface area contributed by atoms with E-state index in [1.165, 1.54) is 24.4 Å². The van der Waals surface area contributed by atoms with Gasteiger partial charge in [0.25, 0.3) is 0 Å². The molecule has 2 aromatic rings. The summed E-state index contributed by atoms with van der Waals surface area (Å²) in [5, 5.41) is 11.7. The Morgan fingerprint density at radius 1 is 1.44 bits per heavy atom. The predicted molar refractivity (Wildman–Crippen MR) is 69.1 cm³/mol. The van der Waals surface area contributed by atoms with Crippen molar-refractivity contribution >= 4 is 39.0 Å². The number of aromatic nitrogens is 2. The SMILES string of the molecule is N#Cc1cc(Nc2nc(Cl)ncc2Br)ccc1F. The van der Waals surface area contributed by atoms with Crippen molar-refractivity contribution in [3.05, 3.63) is 45.5 Å². The average molecular weight is 328 g/mol. The summed E-state index contributed by atoms with van der Waals surface area (Å²) in [6.07, 6.45) is 1.49. The zero-order valence-electron chi connectivity index (χ0n) is 8.78. The Kier molecular flexibility index (Phi) is 3.75. The first kappa shape index (κ1) is 12.7. The van der Waals surface area contributed by atoms with Gasteiger partial charge >= 0.3 is 0 Å². The first-order valence-corrected chi connectivity index (χ1v) is 5.92. The molecule has 0 bridgehead atoms. The standard InChI is InChI=1S/C11H5BrClFN4/c12-8-5-16-11(13)18-10(8)17-7-1-2-9(14)6(3-7)4-15/h1-3,5H,(H,16,17,18). The van der Waals surface area contributed by atoms with Gasteiger partial charge in [0, 0.05) is 11.9 Å². The molecule has 0 atom stereocenters. The number of nitrogens with one attached hydrogen (secondary N) is 1. The van der Waals surface area contributed by atoms with Crippen LogP contribution in [0.2, 0.25) is 5.28 Å². The molecule has 1 heterocycles. The maximum Gasteiger partial charge on any atom is 0.224 e. The second-order valence-electron chi connectivity index (χ2n) is 3.27. The normalized spacial score (nSPS) is 9.89. The molecule has 0 aliphatic carbocycles. The van der Waals surface area contributed by atoms with E-state index in [9.17, 15) is 4.39 Å². The number of nitrogens with zero attached hydrogens (tertiary/aromatic N) is 3. The Labute approximate surface area is 116 Å². The third-order valence-corrected chi connectivity index (χ3v) is 2.83. The van der Waals surface area contributed by atoms with Crippen molar-refractivity contribution in [1.29, 1.82) is 5.26 Å². The Hall–Kier alpha value is -1.71. The summed E-state index contributed by atoms with van der Waals surface area (Å²) in [4.78, 5) is 7.75. The summed E-state index contributed by atoms with van der Waals surface area (Å²) in [6, 6.07) is 5.85. The van der Waals surface area contributed by atoms with Crippen molar-refractivity contribution in [3.63, 3.8) is 0 Å². The summed E-state index contributed by atoms with van der Waals surface area (Å²) >= 11 is 8.92. The van der Waals surface area contributed by atoms with E-state index in [1.54, 1.807) is 6.07 Å². The average Bonchev–Trinajstić information content (AvgIpc) is 2.36. The van der Waals surface area contributed by atoms with Crippen molar-refractivity contribution in [2.45, 2.75) is 0 Å². The lowest BCUT2D eigenvalue weighted by Crippen LogP contribution is -1.97. The topological polar surface area (TPSA) is 61.6 Å². The number of anilines is 2. The molecule has 1 aromatic heterocycles. The minimum atomic E-state index is -0.567. The zero-order valence-corrected chi connectivity index (χ0v) is 11.1. The number of hydrogen-bond donors (Lipinski definition) is 1. The van der Waals surface area contributed by atoms with Crippen LogP contribution in [0.1, 0.15) is 5.56 Å². The molecule has 1 aromatic carbocycles. The van der Waals surface area contributed by atoms with Gasteiger partial charge in [-0.25, -0.2) is 9.37 Å². The molecule has 0 saturated carbocycles. The molecular formula is C11H5BrClFN4. The molecule has 4 nitrogen and oxygen atoms in total. The summed E-state index contributed by atoms with van der Waals surface area (Å²) in [7, 11) is 0. The second kappa shape index (κ2) is 5.29. The molecule has 90 valence electrons. The van der Waals surface area contributed by atoms with E-state index in [1.807, 2.05) is 0 Å². The van der Waals surface area contributed by atoms with Gasteiger partial charge in [0.15, 0.2) is 0 Å². The Morgan fingerprint density at radius 3 is 2.94 bits per heavy atom. The minimum absolute atomic E-state index is 0.0451. The number of benzene rings is 1. The van der Waals surface area contributed by atoms with Gasteiger partial charge in [-0.05, 0) is 45.7 Å². The summed E-state index contributed by atoms with van der Waals surface area (Å²) in [5.41, 5.74) is 0.486. The van der Waals surface area contributed by atoms with Crippen molar-refractivity contribution < 1.29 is 4.39 Å². The van der Waals surface area contributed by atoms with Gasteiger partial charge in [-0.1, -0.05) is 0 Å². The van der Waals surface area contributed by atoms with Crippen LogP contribution < -0.4 is 5.32 Å².